The number of hydrogen-bond acceptors (Lipinski definition) is 4. The Labute approximate surface area is 120 Å². The van der Waals surface area contributed by atoms with Crippen molar-refractivity contribution in [2.45, 2.75) is 52.7 Å². The number of benzene rings is 1. The van der Waals surface area contributed by atoms with E-state index in [1.165, 1.54) is 0 Å². The van der Waals surface area contributed by atoms with Gasteiger partial charge in [0.05, 0.1) is 17.2 Å². The van der Waals surface area contributed by atoms with Crippen LogP contribution in [-0.4, -0.2) is 23.6 Å². The highest BCUT2D eigenvalue weighted by Crippen LogP contribution is 2.17. The average molecular weight is 278 g/mol. The topological polar surface area (TPSA) is 52.6 Å². The first kappa shape index (κ1) is 16.2. The highest BCUT2D eigenvalue weighted by Gasteiger charge is 2.21. The molecule has 1 rings (SSSR count). The van der Waals surface area contributed by atoms with Crippen molar-refractivity contribution in [3.8, 4) is 0 Å². The lowest BCUT2D eigenvalue weighted by Gasteiger charge is -2.23. The highest BCUT2D eigenvalue weighted by atomic mass is 16.6. The predicted molar refractivity (Wildman–Crippen MR) is 76.8 cm³/mol. The molecule has 1 aromatic carbocycles. The number of esters is 2. The van der Waals surface area contributed by atoms with Crippen LogP contribution in [0.2, 0.25) is 0 Å². The van der Waals surface area contributed by atoms with Crippen molar-refractivity contribution >= 4 is 11.9 Å². The molecule has 0 radical (unpaired) electrons. The van der Waals surface area contributed by atoms with Gasteiger partial charge in [0.25, 0.3) is 0 Å². The fraction of sp³-hybridized carbons (Fsp3) is 0.500. The third kappa shape index (κ3) is 4.68. The van der Waals surface area contributed by atoms with Crippen molar-refractivity contribution in [2.75, 3.05) is 0 Å². The lowest BCUT2D eigenvalue weighted by atomic mass is 10.1. The summed E-state index contributed by atoms with van der Waals surface area (Å²) in [6.07, 6.45) is 0.565. The van der Waals surface area contributed by atoms with Crippen LogP contribution in [0.1, 0.15) is 61.8 Å². The second-order valence-electron chi connectivity index (χ2n) is 5.53. The molecule has 0 aliphatic heterocycles. The molecule has 0 saturated carbocycles. The van der Waals surface area contributed by atoms with Gasteiger partial charge in [0.2, 0.25) is 0 Å². The number of ether oxygens (including phenoxy) is 2. The molecular weight excluding hydrogens is 256 g/mol. The smallest absolute Gasteiger partial charge is 0.338 e. The second-order valence-corrected chi connectivity index (χ2v) is 5.53. The second kappa shape index (κ2) is 6.55. The van der Waals surface area contributed by atoms with E-state index in [0.29, 0.717) is 11.1 Å². The van der Waals surface area contributed by atoms with Gasteiger partial charge >= 0.3 is 11.9 Å². The highest BCUT2D eigenvalue weighted by molar-refractivity contribution is 5.93. The number of rotatable bonds is 5. The van der Waals surface area contributed by atoms with Gasteiger partial charge in [-0.15, -0.1) is 0 Å². The van der Waals surface area contributed by atoms with Crippen LogP contribution >= 0.6 is 0 Å². The van der Waals surface area contributed by atoms with Gasteiger partial charge in [0.1, 0.15) is 5.60 Å². The van der Waals surface area contributed by atoms with Crippen molar-refractivity contribution in [1.29, 1.82) is 0 Å². The van der Waals surface area contributed by atoms with Crippen molar-refractivity contribution < 1.29 is 19.1 Å². The Morgan fingerprint density at radius 2 is 1.50 bits per heavy atom. The molecule has 1 aromatic rings. The Balaban J connectivity index is 2.76. The fourth-order valence-electron chi connectivity index (χ4n) is 1.41. The Bertz CT molecular complexity index is 472. The van der Waals surface area contributed by atoms with Crippen LogP contribution in [0.5, 0.6) is 0 Å². The third-order valence-corrected chi connectivity index (χ3v) is 2.92. The molecule has 0 bridgehead atoms. The summed E-state index contributed by atoms with van der Waals surface area (Å²) < 4.78 is 10.5. The van der Waals surface area contributed by atoms with Gasteiger partial charge in [-0.05, 0) is 58.4 Å². The molecule has 0 aliphatic rings. The van der Waals surface area contributed by atoms with E-state index >= 15 is 0 Å². The number of carbonyl (C=O) groups is 2. The SMILES string of the molecule is CCC(C)(C)OC(=O)c1ccc(C(=O)OC(C)C)cc1. The van der Waals surface area contributed by atoms with Gasteiger partial charge in [-0.25, -0.2) is 9.59 Å². The van der Waals surface area contributed by atoms with E-state index in [2.05, 4.69) is 0 Å². The Morgan fingerprint density at radius 1 is 1.05 bits per heavy atom. The van der Waals surface area contributed by atoms with Crippen LogP contribution in [0.3, 0.4) is 0 Å². The summed E-state index contributed by atoms with van der Waals surface area (Å²) in [4.78, 5) is 23.6. The van der Waals surface area contributed by atoms with Crippen LogP contribution < -0.4 is 0 Å². The van der Waals surface area contributed by atoms with Gasteiger partial charge in [0.15, 0.2) is 0 Å². The first-order valence-electron chi connectivity index (χ1n) is 6.79. The zero-order chi connectivity index (χ0) is 15.3. The minimum Gasteiger partial charge on any atom is -0.459 e. The zero-order valence-electron chi connectivity index (χ0n) is 12.7. The van der Waals surface area contributed by atoms with Crippen molar-refractivity contribution in [2.24, 2.45) is 0 Å². The van der Waals surface area contributed by atoms with Crippen LogP contribution in [0.4, 0.5) is 0 Å². The van der Waals surface area contributed by atoms with Crippen molar-refractivity contribution in [3.63, 3.8) is 0 Å². The van der Waals surface area contributed by atoms with E-state index in [-0.39, 0.29) is 12.1 Å². The fourth-order valence-corrected chi connectivity index (χ4v) is 1.41. The van der Waals surface area contributed by atoms with E-state index in [4.69, 9.17) is 9.47 Å². The summed E-state index contributed by atoms with van der Waals surface area (Å²) in [5.74, 6) is -0.783. The monoisotopic (exact) mass is 278 g/mol. The first-order valence-corrected chi connectivity index (χ1v) is 6.79. The normalized spacial score (nSPS) is 11.3. The molecule has 0 atom stereocenters. The summed E-state index contributed by atoms with van der Waals surface area (Å²) in [5, 5.41) is 0. The van der Waals surface area contributed by atoms with Crippen LogP contribution in [0.25, 0.3) is 0 Å². The molecule has 4 heteroatoms. The van der Waals surface area contributed by atoms with Crippen LogP contribution in [0.15, 0.2) is 24.3 Å². The van der Waals surface area contributed by atoms with Gasteiger partial charge in [-0.2, -0.15) is 0 Å². The third-order valence-electron chi connectivity index (χ3n) is 2.92. The number of hydrogen-bond donors (Lipinski definition) is 0. The summed E-state index contributed by atoms with van der Waals surface area (Å²) in [7, 11) is 0. The molecule has 20 heavy (non-hydrogen) atoms. The van der Waals surface area contributed by atoms with E-state index < -0.39 is 11.6 Å². The Morgan fingerprint density at radius 3 is 1.90 bits per heavy atom. The van der Waals surface area contributed by atoms with Crippen LogP contribution in [0, 0.1) is 0 Å². The molecule has 4 nitrogen and oxygen atoms in total. The lowest BCUT2D eigenvalue weighted by molar-refractivity contribution is -0.00249. The molecule has 0 spiro atoms. The van der Waals surface area contributed by atoms with E-state index in [0.717, 1.165) is 6.42 Å². The van der Waals surface area contributed by atoms with Gasteiger partial charge in [-0.3, -0.25) is 0 Å². The maximum atomic E-state index is 11.9. The molecule has 0 fully saturated rings. The molecule has 110 valence electrons. The van der Waals surface area contributed by atoms with Crippen molar-refractivity contribution in [3.05, 3.63) is 35.4 Å². The van der Waals surface area contributed by atoms with Crippen LogP contribution in [-0.2, 0) is 9.47 Å². The molecule has 0 N–H and O–H groups in total. The molecule has 0 heterocycles. The molecular formula is C16H22O4. The van der Waals surface area contributed by atoms with Gasteiger partial charge in [0, 0.05) is 0 Å². The van der Waals surface area contributed by atoms with Crippen molar-refractivity contribution in [1.82, 2.24) is 0 Å². The maximum absolute atomic E-state index is 11.9. The molecule has 0 unspecified atom stereocenters. The summed E-state index contributed by atoms with van der Waals surface area (Å²) in [6, 6.07) is 6.29. The number of carbonyl (C=O) groups excluding carboxylic acids is 2. The van der Waals surface area contributed by atoms with E-state index in [9.17, 15) is 9.59 Å². The largest absolute Gasteiger partial charge is 0.459 e. The predicted octanol–water partition coefficient (Wildman–Crippen LogP) is 3.60. The van der Waals surface area contributed by atoms with E-state index in [1.807, 2.05) is 20.8 Å². The standard InChI is InChI=1S/C16H22O4/c1-6-16(4,5)20-15(18)13-9-7-12(8-10-13)14(17)19-11(2)3/h7-11H,6H2,1-5H3. The quantitative estimate of drug-likeness (QED) is 0.772. The summed E-state index contributed by atoms with van der Waals surface area (Å²) in [5.41, 5.74) is 0.351. The summed E-state index contributed by atoms with van der Waals surface area (Å²) >= 11 is 0. The average Bonchev–Trinajstić information content (AvgIpc) is 2.37. The first-order chi connectivity index (χ1) is 9.25. The Hall–Kier alpha value is -1.84. The van der Waals surface area contributed by atoms with Gasteiger partial charge < -0.3 is 9.47 Å². The molecule has 0 saturated heterocycles. The molecule has 0 aromatic heterocycles. The lowest BCUT2D eigenvalue weighted by Crippen LogP contribution is -2.27. The van der Waals surface area contributed by atoms with E-state index in [1.54, 1.807) is 38.1 Å². The minimum absolute atomic E-state index is 0.169. The minimum atomic E-state index is -0.494. The zero-order valence-corrected chi connectivity index (χ0v) is 12.7. The maximum Gasteiger partial charge on any atom is 0.338 e. The molecule has 0 aliphatic carbocycles. The van der Waals surface area contributed by atoms with Gasteiger partial charge in [-0.1, -0.05) is 6.92 Å². The molecule has 0 amide bonds. The summed E-state index contributed by atoms with van der Waals surface area (Å²) in [6.45, 7) is 9.25. The Kier molecular flexibility index (Phi) is 5.31.